The number of hydrogen-bond acceptors (Lipinski definition) is 6. The summed E-state index contributed by atoms with van der Waals surface area (Å²) in [5.74, 6) is 0.596. The topological polar surface area (TPSA) is 85.6 Å². The minimum Gasteiger partial charge on any atom is -0.497 e. The Bertz CT molecular complexity index is 1220. The van der Waals surface area contributed by atoms with E-state index in [-0.39, 0.29) is 18.0 Å². The second kappa shape index (κ2) is 8.93. The molecule has 8 heteroatoms. The van der Waals surface area contributed by atoms with Gasteiger partial charge in [0.2, 0.25) is 5.91 Å². The summed E-state index contributed by atoms with van der Waals surface area (Å²) in [6, 6.07) is 21.4. The molecule has 3 aromatic carbocycles. The molecule has 4 aromatic rings. The Balaban J connectivity index is 1.65. The second-order valence-electron chi connectivity index (χ2n) is 6.90. The molecule has 0 bridgehead atoms. The first-order valence-corrected chi connectivity index (χ1v) is 10.4. The van der Waals surface area contributed by atoms with Crippen molar-refractivity contribution in [1.82, 2.24) is 4.98 Å². The molecule has 1 amide bonds. The van der Waals surface area contributed by atoms with E-state index >= 15 is 0 Å². The maximum Gasteiger partial charge on any atom is 0.269 e. The zero-order valence-electron chi connectivity index (χ0n) is 16.7. The fourth-order valence-electron chi connectivity index (χ4n) is 3.17. The Hall–Kier alpha value is -3.78. The van der Waals surface area contributed by atoms with Gasteiger partial charge in [0.1, 0.15) is 5.75 Å². The van der Waals surface area contributed by atoms with E-state index in [0.29, 0.717) is 17.2 Å². The van der Waals surface area contributed by atoms with Crippen molar-refractivity contribution in [3.8, 4) is 5.75 Å². The number of rotatable bonds is 7. The van der Waals surface area contributed by atoms with Crippen LogP contribution in [-0.4, -0.2) is 22.9 Å². The van der Waals surface area contributed by atoms with Gasteiger partial charge >= 0.3 is 0 Å². The summed E-state index contributed by atoms with van der Waals surface area (Å²) in [5.41, 5.74) is 2.48. The lowest BCUT2D eigenvalue weighted by atomic mass is 10.1. The van der Waals surface area contributed by atoms with Gasteiger partial charge in [0.05, 0.1) is 35.2 Å². The first kappa shape index (κ1) is 20.5. The van der Waals surface area contributed by atoms with Crippen LogP contribution in [0.3, 0.4) is 0 Å². The van der Waals surface area contributed by atoms with Crippen molar-refractivity contribution in [3.05, 3.63) is 94.0 Å². The number of anilines is 1. The Kier molecular flexibility index (Phi) is 5.90. The molecule has 1 heterocycles. The average Bonchev–Trinajstić information content (AvgIpc) is 3.21. The fourth-order valence-corrected chi connectivity index (χ4v) is 4.18. The minimum absolute atomic E-state index is 0.00235. The van der Waals surface area contributed by atoms with E-state index in [2.05, 4.69) is 4.98 Å². The third-order valence-corrected chi connectivity index (χ3v) is 5.84. The van der Waals surface area contributed by atoms with E-state index in [0.717, 1.165) is 21.5 Å². The SMILES string of the molecule is COc1ccc2nc(N(Cc3ccccc3)C(=O)Cc3ccc([N+](=O)[O-])cc3)sc2c1. The highest BCUT2D eigenvalue weighted by Gasteiger charge is 2.21. The number of nitro groups is 1. The number of benzene rings is 3. The number of non-ortho nitro benzene ring substituents is 1. The van der Waals surface area contributed by atoms with Gasteiger partial charge in [-0.2, -0.15) is 0 Å². The zero-order valence-corrected chi connectivity index (χ0v) is 17.5. The third-order valence-electron chi connectivity index (χ3n) is 4.80. The van der Waals surface area contributed by atoms with Gasteiger partial charge in [0.15, 0.2) is 5.13 Å². The largest absolute Gasteiger partial charge is 0.497 e. The molecule has 0 aliphatic rings. The van der Waals surface area contributed by atoms with E-state index < -0.39 is 4.92 Å². The summed E-state index contributed by atoms with van der Waals surface area (Å²) < 4.78 is 6.22. The molecular weight excluding hydrogens is 414 g/mol. The Morgan fingerprint density at radius 1 is 1.06 bits per heavy atom. The predicted octanol–water partition coefficient (Wildman–Crippen LogP) is 4.99. The Morgan fingerprint density at radius 2 is 1.81 bits per heavy atom. The molecule has 0 aliphatic heterocycles. The van der Waals surface area contributed by atoms with Crippen molar-refractivity contribution in [3.63, 3.8) is 0 Å². The van der Waals surface area contributed by atoms with Crippen LogP contribution < -0.4 is 9.64 Å². The summed E-state index contributed by atoms with van der Waals surface area (Å²) in [6.45, 7) is 0.379. The number of ether oxygens (including phenoxy) is 1. The van der Waals surface area contributed by atoms with Crippen molar-refractivity contribution in [1.29, 1.82) is 0 Å². The number of carbonyl (C=O) groups is 1. The van der Waals surface area contributed by atoms with Gasteiger partial charge in [-0.3, -0.25) is 19.8 Å². The lowest BCUT2D eigenvalue weighted by Gasteiger charge is -2.20. The average molecular weight is 433 g/mol. The first-order chi connectivity index (χ1) is 15.0. The lowest BCUT2D eigenvalue weighted by molar-refractivity contribution is -0.384. The number of amides is 1. The van der Waals surface area contributed by atoms with Gasteiger partial charge in [-0.05, 0) is 29.3 Å². The van der Waals surface area contributed by atoms with Gasteiger partial charge < -0.3 is 4.74 Å². The molecule has 0 saturated carbocycles. The number of nitro benzene ring substituents is 1. The van der Waals surface area contributed by atoms with Gasteiger partial charge in [0, 0.05) is 12.1 Å². The van der Waals surface area contributed by atoms with Gasteiger partial charge in [0.25, 0.3) is 5.69 Å². The van der Waals surface area contributed by atoms with E-state index in [4.69, 9.17) is 4.74 Å². The molecular formula is C23H19N3O4S. The fraction of sp³-hybridized carbons (Fsp3) is 0.130. The van der Waals surface area contributed by atoms with E-state index in [1.165, 1.54) is 23.5 Å². The van der Waals surface area contributed by atoms with Crippen LogP contribution >= 0.6 is 11.3 Å². The third kappa shape index (κ3) is 4.70. The molecule has 0 spiro atoms. The van der Waals surface area contributed by atoms with Crippen molar-refractivity contribution in [2.45, 2.75) is 13.0 Å². The van der Waals surface area contributed by atoms with E-state index in [1.807, 2.05) is 48.5 Å². The van der Waals surface area contributed by atoms with Crippen LogP contribution in [-0.2, 0) is 17.8 Å². The summed E-state index contributed by atoms with van der Waals surface area (Å²) in [4.78, 5) is 30.0. The highest BCUT2D eigenvalue weighted by Crippen LogP contribution is 2.32. The molecule has 7 nitrogen and oxygen atoms in total. The number of hydrogen-bond donors (Lipinski definition) is 0. The van der Waals surface area contributed by atoms with Crippen molar-refractivity contribution in [2.75, 3.05) is 12.0 Å². The smallest absolute Gasteiger partial charge is 0.269 e. The molecule has 0 aliphatic carbocycles. The molecule has 0 radical (unpaired) electrons. The number of aromatic nitrogens is 1. The number of thiazole rings is 1. The second-order valence-corrected chi connectivity index (χ2v) is 7.91. The molecule has 0 saturated heterocycles. The lowest BCUT2D eigenvalue weighted by Crippen LogP contribution is -2.31. The van der Waals surface area contributed by atoms with Crippen LogP contribution in [0.1, 0.15) is 11.1 Å². The summed E-state index contributed by atoms with van der Waals surface area (Å²) in [5, 5.41) is 11.5. The normalized spacial score (nSPS) is 10.7. The summed E-state index contributed by atoms with van der Waals surface area (Å²) >= 11 is 1.42. The quantitative estimate of drug-likeness (QED) is 0.303. The molecule has 0 fully saturated rings. The molecule has 156 valence electrons. The van der Waals surface area contributed by atoms with Crippen LogP contribution in [0, 0.1) is 10.1 Å². The zero-order chi connectivity index (χ0) is 21.8. The van der Waals surface area contributed by atoms with Crippen LogP contribution in [0.25, 0.3) is 10.2 Å². The molecule has 0 unspecified atom stereocenters. The number of carbonyl (C=O) groups excluding carboxylic acids is 1. The highest BCUT2D eigenvalue weighted by atomic mass is 32.1. The monoisotopic (exact) mass is 433 g/mol. The van der Waals surface area contributed by atoms with Crippen molar-refractivity contribution in [2.24, 2.45) is 0 Å². The van der Waals surface area contributed by atoms with Crippen LogP contribution in [0.15, 0.2) is 72.8 Å². The number of methoxy groups -OCH3 is 1. The van der Waals surface area contributed by atoms with Crippen LogP contribution in [0.5, 0.6) is 5.75 Å². The highest BCUT2D eigenvalue weighted by molar-refractivity contribution is 7.22. The molecule has 0 N–H and O–H groups in total. The molecule has 31 heavy (non-hydrogen) atoms. The predicted molar refractivity (Wildman–Crippen MR) is 121 cm³/mol. The Morgan fingerprint density at radius 3 is 2.48 bits per heavy atom. The molecule has 0 atom stereocenters. The van der Waals surface area contributed by atoms with Crippen molar-refractivity contribution >= 4 is 38.3 Å². The maximum absolute atomic E-state index is 13.3. The molecule has 1 aromatic heterocycles. The van der Waals surface area contributed by atoms with Crippen LogP contribution in [0.2, 0.25) is 0 Å². The van der Waals surface area contributed by atoms with Gasteiger partial charge in [-0.25, -0.2) is 4.98 Å². The summed E-state index contributed by atoms with van der Waals surface area (Å²) in [7, 11) is 1.61. The van der Waals surface area contributed by atoms with Crippen molar-refractivity contribution < 1.29 is 14.5 Å². The molecule has 4 rings (SSSR count). The number of nitrogens with zero attached hydrogens (tertiary/aromatic N) is 3. The van der Waals surface area contributed by atoms with Gasteiger partial charge in [-0.1, -0.05) is 53.8 Å². The van der Waals surface area contributed by atoms with E-state index in [9.17, 15) is 14.9 Å². The van der Waals surface area contributed by atoms with E-state index in [1.54, 1.807) is 24.1 Å². The maximum atomic E-state index is 13.3. The first-order valence-electron chi connectivity index (χ1n) is 9.55. The van der Waals surface area contributed by atoms with Crippen LogP contribution in [0.4, 0.5) is 10.8 Å². The number of fused-ring (bicyclic) bond motifs is 1. The standard InChI is InChI=1S/C23H19N3O4S/c1-30-19-11-12-20-21(14-19)31-23(24-20)25(15-17-5-3-2-4-6-17)22(27)13-16-7-9-18(10-8-16)26(28)29/h2-12,14H,13,15H2,1H3. The Labute approximate surface area is 182 Å². The van der Waals surface area contributed by atoms with Gasteiger partial charge in [-0.15, -0.1) is 0 Å². The summed E-state index contributed by atoms with van der Waals surface area (Å²) in [6.07, 6.45) is 0.115. The minimum atomic E-state index is -0.456.